The summed E-state index contributed by atoms with van der Waals surface area (Å²) in [5, 5.41) is 8.64. The highest BCUT2D eigenvalue weighted by molar-refractivity contribution is 5.14. The Morgan fingerprint density at radius 2 is 1.75 bits per heavy atom. The van der Waals surface area contributed by atoms with Gasteiger partial charge in [-0.3, -0.25) is 0 Å². The van der Waals surface area contributed by atoms with E-state index in [4.69, 9.17) is 5.26 Å². The van der Waals surface area contributed by atoms with Gasteiger partial charge in [0.2, 0.25) is 0 Å². The molecule has 1 aromatic carbocycles. The maximum absolute atomic E-state index is 8.64. The molecule has 0 bridgehead atoms. The average molecular weight is 215 g/mol. The maximum atomic E-state index is 8.64. The fraction of sp³-hybridized carbons (Fsp3) is 0.533. The van der Waals surface area contributed by atoms with Gasteiger partial charge in [0.05, 0.1) is 6.07 Å². The largest absolute Gasteiger partial charge is 0.198 e. The van der Waals surface area contributed by atoms with Crippen LogP contribution in [-0.2, 0) is 6.42 Å². The summed E-state index contributed by atoms with van der Waals surface area (Å²) in [7, 11) is 0. The molecule has 0 fully saturated rings. The summed E-state index contributed by atoms with van der Waals surface area (Å²) in [6, 6.07) is 12.9. The smallest absolute Gasteiger partial charge is 0.0652 e. The van der Waals surface area contributed by atoms with Crippen LogP contribution in [0, 0.1) is 17.2 Å². The van der Waals surface area contributed by atoms with Gasteiger partial charge in [-0.15, -0.1) is 0 Å². The second-order valence-corrected chi connectivity index (χ2v) is 4.47. The van der Waals surface area contributed by atoms with Gasteiger partial charge in [-0.05, 0) is 31.7 Å². The summed E-state index contributed by atoms with van der Waals surface area (Å²) >= 11 is 0. The summed E-state index contributed by atoms with van der Waals surface area (Å²) in [5.74, 6) is 0.231. The van der Waals surface area contributed by atoms with E-state index in [1.54, 1.807) is 0 Å². The molecule has 1 unspecified atom stereocenters. The van der Waals surface area contributed by atoms with Crippen LogP contribution in [0.5, 0.6) is 0 Å². The molecule has 86 valence electrons. The molecule has 1 aromatic rings. The van der Waals surface area contributed by atoms with Crippen LogP contribution in [0.25, 0.3) is 0 Å². The first-order chi connectivity index (χ1) is 7.83. The van der Waals surface area contributed by atoms with Gasteiger partial charge >= 0.3 is 0 Å². The molecule has 0 heterocycles. The molecular weight excluding hydrogens is 194 g/mol. The van der Waals surface area contributed by atoms with Crippen molar-refractivity contribution in [2.24, 2.45) is 5.92 Å². The van der Waals surface area contributed by atoms with Crippen LogP contribution in [0.4, 0.5) is 0 Å². The van der Waals surface area contributed by atoms with Gasteiger partial charge in [0.15, 0.2) is 0 Å². The lowest BCUT2D eigenvalue weighted by molar-refractivity contribution is 0.559. The molecule has 0 amide bonds. The van der Waals surface area contributed by atoms with Gasteiger partial charge in [0, 0.05) is 5.92 Å². The summed E-state index contributed by atoms with van der Waals surface area (Å²) < 4.78 is 0. The molecule has 1 nitrogen and oxygen atoms in total. The second-order valence-electron chi connectivity index (χ2n) is 4.47. The zero-order chi connectivity index (χ0) is 11.6. The minimum Gasteiger partial charge on any atom is -0.198 e. The van der Waals surface area contributed by atoms with Crippen molar-refractivity contribution in [2.75, 3.05) is 0 Å². The van der Waals surface area contributed by atoms with Crippen LogP contribution in [0.1, 0.15) is 44.6 Å². The molecule has 0 spiro atoms. The number of rotatable bonds is 7. The van der Waals surface area contributed by atoms with Gasteiger partial charge in [-0.1, -0.05) is 49.6 Å². The van der Waals surface area contributed by atoms with Crippen molar-refractivity contribution >= 4 is 0 Å². The number of nitrogens with zero attached hydrogens (tertiary/aromatic N) is 1. The number of aryl methyl sites for hydroxylation is 1. The Morgan fingerprint density at radius 1 is 1.06 bits per heavy atom. The number of hydrogen-bond acceptors (Lipinski definition) is 1. The first kappa shape index (κ1) is 12.8. The maximum Gasteiger partial charge on any atom is 0.0652 e. The van der Waals surface area contributed by atoms with Crippen molar-refractivity contribution in [1.29, 1.82) is 5.26 Å². The van der Waals surface area contributed by atoms with E-state index in [9.17, 15) is 0 Å². The highest BCUT2D eigenvalue weighted by Gasteiger charge is 1.98. The van der Waals surface area contributed by atoms with Crippen LogP contribution in [-0.4, -0.2) is 0 Å². The van der Waals surface area contributed by atoms with Gasteiger partial charge in [-0.2, -0.15) is 5.26 Å². The van der Waals surface area contributed by atoms with Crippen molar-refractivity contribution in [3.63, 3.8) is 0 Å². The molecule has 0 N–H and O–H groups in total. The van der Waals surface area contributed by atoms with E-state index in [1.807, 2.05) is 6.92 Å². The molecule has 0 saturated carbocycles. The molecule has 16 heavy (non-hydrogen) atoms. The summed E-state index contributed by atoms with van der Waals surface area (Å²) in [6.45, 7) is 2.00. The van der Waals surface area contributed by atoms with Crippen molar-refractivity contribution in [3.8, 4) is 6.07 Å². The van der Waals surface area contributed by atoms with Crippen molar-refractivity contribution in [1.82, 2.24) is 0 Å². The zero-order valence-electron chi connectivity index (χ0n) is 10.2. The number of benzene rings is 1. The lowest BCUT2D eigenvalue weighted by atomic mass is 10.0. The Kier molecular flexibility index (Phi) is 6.33. The lowest BCUT2D eigenvalue weighted by Crippen LogP contribution is -1.90. The van der Waals surface area contributed by atoms with Gasteiger partial charge in [0.25, 0.3) is 0 Å². The standard InChI is InChI=1S/C15H21N/c1-14(13-16)9-5-2-3-6-10-15-11-7-4-8-12-15/h4,7-8,11-12,14H,2-3,5-6,9-10H2,1H3. The first-order valence-electron chi connectivity index (χ1n) is 6.26. The number of nitriles is 1. The monoisotopic (exact) mass is 215 g/mol. The van der Waals surface area contributed by atoms with Crippen molar-refractivity contribution in [3.05, 3.63) is 35.9 Å². The molecule has 0 saturated heterocycles. The van der Waals surface area contributed by atoms with Crippen molar-refractivity contribution < 1.29 is 0 Å². The predicted molar refractivity (Wildman–Crippen MR) is 68.0 cm³/mol. The molecule has 0 aliphatic carbocycles. The van der Waals surface area contributed by atoms with E-state index >= 15 is 0 Å². The van der Waals surface area contributed by atoms with E-state index in [0.29, 0.717) is 0 Å². The normalized spacial score (nSPS) is 12.0. The number of hydrogen-bond donors (Lipinski definition) is 0. The Morgan fingerprint density at radius 3 is 2.44 bits per heavy atom. The summed E-state index contributed by atoms with van der Waals surface area (Å²) in [5.41, 5.74) is 1.44. The molecule has 1 rings (SSSR count). The van der Waals surface area contributed by atoms with Crippen LogP contribution in [0.15, 0.2) is 30.3 Å². The molecule has 0 aliphatic rings. The van der Waals surface area contributed by atoms with Gasteiger partial charge in [-0.25, -0.2) is 0 Å². The topological polar surface area (TPSA) is 23.8 Å². The van der Waals surface area contributed by atoms with Crippen LogP contribution < -0.4 is 0 Å². The first-order valence-corrected chi connectivity index (χ1v) is 6.26. The third kappa shape index (κ3) is 5.56. The van der Waals surface area contributed by atoms with Gasteiger partial charge < -0.3 is 0 Å². The van der Waals surface area contributed by atoms with Crippen LogP contribution in [0.2, 0.25) is 0 Å². The van der Waals surface area contributed by atoms with E-state index in [0.717, 1.165) is 6.42 Å². The second kappa shape index (κ2) is 7.93. The molecule has 1 atom stereocenters. The third-order valence-electron chi connectivity index (χ3n) is 2.92. The van der Waals surface area contributed by atoms with E-state index in [2.05, 4.69) is 36.4 Å². The minimum atomic E-state index is 0.231. The van der Waals surface area contributed by atoms with Crippen LogP contribution >= 0.6 is 0 Å². The predicted octanol–water partition coefficient (Wildman–Crippen LogP) is 4.34. The third-order valence-corrected chi connectivity index (χ3v) is 2.92. The Balaban J connectivity index is 1.99. The fourth-order valence-corrected chi connectivity index (χ4v) is 1.84. The minimum absolute atomic E-state index is 0.231. The zero-order valence-corrected chi connectivity index (χ0v) is 10.2. The highest BCUT2D eigenvalue weighted by atomic mass is 14.3. The fourth-order valence-electron chi connectivity index (χ4n) is 1.84. The number of unbranched alkanes of at least 4 members (excludes halogenated alkanes) is 3. The Bertz CT molecular complexity index is 310. The van der Waals surface area contributed by atoms with Gasteiger partial charge in [0.1, 0.15) is 0 Å². The molecule has 0 aliphatic heterocycles. The lowest BCUT2D eigenvalue weighted by Gasteiger charge is -2.03. The summed E-state index contributed by atoms with van der Waals surface area (Å²) in [6.07, 6.45) is 7.26. The summed E-state index contributed by atoms with van der Waals surface area (Å²) in [4.78, 5) is 0. The molecule has 0 aromatic heterocycles. The molecule has 0 radical (unpaired) electrons. The van der Waals surface area contributed by atoms with E-state index in [-0.39, 0.29) is 5.92 Å². The quantitative estimate of drug-likeness (QED) is 0.621. The molecular formula is C15H21N. The highest BCUT2D eigenvalue weighted by Crippen LogP contribution is 2.11. The Hall–Kier alpha value is -1.29. The molecule has 1 heteroatoms. The van der Waals surface area contributed by atoms with Crippen molar-refractivity contribution in [2.45, 2.75) is 45.4 Å². The SMILES string of the molecule is CC(C#N)CCCCCCc1ccccc1. The Labute approximate surface area is 99.1 Å². The van der Waals surface area contributed by atoms with E-state index < -0.39 is 0 Å². The van der Waals surface area contributed by atoms with Crippen LogP contribution in [0.3, 0.4) is 0 Å². The van der Waals surface area contributed by atoms with E-state index in [1.165, 1.54) is 37.7 Å². The average Bonchev–Trinajstić information content (AvgIpc) is 2.34.